The lowest BCUT2D eigenvalue weighted by Gasteiger charge is -2.07. The number of aromatic nitrogens is 3. The third kappa shape index (κ3) is 3.19. The summed E-state index contributed by atoms with van der Waals surface area (Å²) in [7, 11) is 3.24. The molecular weight excluding hydrogens is 258 g/mol. The number of carbonyl (C=O) groups is 1. The summed E-state index contributed by atoms with van der Waals surface area (Å²) in [5, 5.41) is 5.50. The van der Waals surface area contributed by atoms with Gasteiger partial charge in [-0.25, -0.2) is 9.97 Å². The van der Waals surface area contributed by atoms with Crippen molar-refractivity contribution in [2.24, 2.45) is 0 Å². The summed E-state index contributed by atoms with van der Waals surface area (Å²) >= 11 is 0. The Labute approximate surface area is 116 Å². The van der Waals surface area contributed by atoms with Crippen LogP contribution in [-0.2, 0) is 0 Å². The number of amides is 1. The average molecular weight is 273 g/mol. The molecule has 0 aliphatic heterocycles. The highest BCUT2D eigenvalue weighted by Gasteiger charge is 2.10. The van der Waals surface area contributed by atoms with E-state index in [1.807, 2.05) is 0 Å². The highest BCUT2D eigenvalue weighted by atomic mass is 16.5. The number of ether oxygens (including phenoxy) is 1. The van der Waals surface area contributed by atoms with Crippen molar-refractivity contribution in [2.75, 3.05) is 24.8 Å². The molecule has 0 saturated carbocycles. The largest absolute Gasteiger partial charge is 0.481 e. The molecule has 0 bridgehead atoms. The van der Waals surface area contributed by atoms with Crippen LogP contribution in [0.3, 0.4) is 0 Å². The first kappa shape index (κ1) is 13.7. The molecule has 2 heterocycles. The van der Waals surface area contributed by atoms with Gasteiger partial charge in [-0.15, -0.1) is 0 Å². The second-order valence-electron chi connectivity index (χ2n) is 4.01. The van der Waals surface area contributed by atoms with Gasteiger partial charge in [0.05, 0.1) is 7.11 Å². The molecule has 0 fully saturated rings. The predicted molar refractivity (Wildman–Crippen MR) is 75.1 cm³/mol. The minimum atomic E-state index is -0.309. The van der Waals surface area contributed by atoms with Crippen LogP contribution in [0.15, 0.2) is 24.4 Å². The fourth-order valence-electron chi connectivity index (χ4n) is 1.58. The van der Waals surface area contributed by atoms with E-state index in [1.165, 1.54) is 7.11 Å². The number of hydrogen-bond donors (Lipinski definition) is 2. The summed E-state index contributed by atoms with van der Waals surface area (Å²) in [6.45, 7) is 1.80. The number of anilines is 2. The quantitative estimate of drug-likeness (QED) is 0.877. The summed E-state index contributed by atoms with van der Waals surface area (Å²) in [6.07, 6.45) is 1.55. The van der Waals surface area contributed by atoms with Gasteiger partial charge in [-0.05, 0) is 19.1 Å². The zero-order valence-corrected chi connectivity index (χ0v) is 11.5. The standard InChI is InChI=1S/C13H15N5O2/c1-8-6-11(20-3)17-13(16-8)18-12(19)9-4-5-15-10(7-9)14-2/h4-7H,1-3H3,(H,14,15)(H,16,17,18,19). The van der Waals surface area contributed by atoms with E-state index in [-0.39, 0.29) is 11.9 Å². The van der Waals surface area contributed by atoms with Gasteiger partial charge in [0.2, 0.25) is 11.8 Å². The lowest BCUT2D eigenvalue weighted by atomic mass is 10.2. The summed E-state index contributed by atoms with van der Waals surface area (Å²) in [6, 6.07) is 4.94. The van der Waals surface area contributed by atoms with E-state index in [2.05, 4.69) is 25.6 Å². The zero-order chi connectivity index (χ0) is 14.5. The van der Waals surface area contributed by atoms with E-state index in [0.717, 1.165) is 0 Å². The molecule has 2 aromatic heterocycles. The molecule has 20 heavy (non-hydrogen) atoms. The van der Waals surface area contributed by atoms with Crippen LogP contribution in [0.25, 0.3) is 0 Å². The Morgan fingerprint density at radius 2 is 2.10 bits per heavy atom. The topological polar surface area (TPSA) is 89.0 Å². The maximum atomic E-state index is 12.1. The lowest BCUT2D eigenvalue weighted by molar-refractivity contribution is 0.102. The number of nitrogens with one attached hydrogen (secondary N) is 2. The Bertz CT molecular complexity index is 630. The number of methoxy groups -OCH3 is 1. The molecule has 0 aromatic carbocycles. The summed E-state index contributed by atoms with van der Waals surface area (Å²) in [5.41, 5.74) is 1.17. The third-order valence-electron chi connectivity index (χ3n) is 2.54. The molecule has 0 atom stereocenters. The van der Waals surface area contributed by atoms with E-state index in [4.69, 9.17) is 4.74 Å². The van der Waals surface area contributed by atoms with Crippen molar-refractivity contribution >= 4 is 17.7 Å². The van der Waals surface area contributed by atoms with Gasteiger partial charge in [0.15, 0.2) is 0 Å². The minimum absolute atomic E-state index is 0.203. The van der Waals surface area contributed by atoms with Gasteiger partial charge in [-0.2, -0.15) is 4.98 Å². The van der Waals surface area contributed by atoms with E-state index in [1.54, 1.807) is 38.4 Å². The van der Waals surface area contributed by atoms with Gasteiger partial charge in [0, 0.05) is 30.6 Å². The molecular formula is C13H15N5O2. The average Bonchev–Trinajstić information content (AvgIpc) is 2.46. The van der Waals surface area contributed by atoms with Gasteiger partial charge in [0.25, 0.3) is 5.91 Å². The summed E-state index contributed by atoms with van der Waals surface area (Å²) in [4.78, 5) is 24.4. The molecule has 0 spiro atoms. The normalized spacial score (nSPS) is 9.95. The predicted octanol–water partition coefficient (Wildman–Crippen LogP) is 1.48. The number of carbonyl (C=O) groups excluding carboxylic acids is 1. The van der Waals surface area contributed by atoms with Crippen molar-refractivity contribution in [1.82, 2.24) is 15.0 Å². The van der Waals surface area contributed by atoms with Crippen molar-refractivity contribution in [2.45, 2.75) is 6.92 Å². The van der Waals surface area contributed by atoms with Crippen LogP contribution in [0.4, 0.5) is 11.8 Å². The summed E-state index contributed by atoms with van der Waals surface area (Å²) in [5.74, 6) is 0.907. The SMILES string of the molecule is CNc1cc(C(=O)Nc2nc(C)cc(OC)n2)ccn1. The number of hydrogen-bond acceptors (Lipinski definition) is 6. The molecule has 0 radical (unpaired) electrons. The number of nitrogens with zero attached hydrogens (tertiary/aromatic N) is 3. The van der Waals surface area contributed by atoms with Gasteiger partial charge >= 0.3 is 0 Å². The molecule has 2 rings (SSSR count). The van der Waals surface area contributed by atoms with Gasteiger partial charge in [-0.3, -0.25) is 10.1 Å². The first-order valence-corrected chi connectivity index (χ1v) is 5.97. The van der Waals surface area contributed by atoms with Crippen molar-refractivity contribution in [1.29, 1.82) is 0 Å². The number of aryl methyl sites for hydroxylation is 1. The highest BCUT2D eigenvalue weighted by molar-refractivity contribution is 6.03. The van der Waals surface area contributed by atoms with Crippen LogP contribution in [-0.4, -0.2) is 35.0 Å². The molecule has 0 unspecified atom stereocenters. The number of rotatable bonds is 4. The van der Waals surface area contributed by atoms with Crippen LogP contribution in [0, 0.1) is 6.92 Å². The molecule has 2 aromatic rings. The minimum Gasteiger partial charge on any atom is -0.481 e. The van der Waals surface area contributed by atoms with E-state index >= 15 is 0 Å². The third-order valence-corrected chi connectivity index (χ3v) is 2.54. The lowest BCUT2D eigenvalue weighted by Crippen LogP contribution is -2.15. The number of pyridine rings is 1. The second-order valence-corrected chi connectivity index (χ2v) is 4.01. The van der Waals surface area contributed by atoms with Crippen molar-refractivity contribution < 1.29 is 9.53 Å². The Morgan fingerprint density at radius 3 is 2.80 bits per heavy atom. The first-order valence-electron chi connectivity index (χ1n) is 5.97. The van der Waals surface area contributed by atoms with Crippen molar-refractivity contribution in [3.63, 3.8) is 0 Å². The van der Waals surface area contributed by atoms with Crippen LogP contribution >= 0.6 is 0 Å². The molecule has 2 N–H and O–H groups in total. The smallest absolute Gasteiger partial charge is 0.258 e. The fourth-order valence-corrected chi connectivity index (χ4v) is 1.58. The van der Waals surface area contributed by atoms with Gasteiger partial charge in [-0.1, -0.05) is 0 Å². The molecule has 1 amide bonds. The van der Waals surface area contributed by atoms with Gasteiger partial charge < -0.3 is 10.1 Å². The first-order chi connectivity index (χ1) is 9.62. The van der Waals surface area contributed by atoms with Crippen LogP contribution in [0.2, 0.25) is 0 Å². The highest BCUT2D eigenvalue weighted by Crippen LogP contribution is 2.13. The van der Waals surface area contributed by atoms with E-state index in [0.29, 0.717) is 23.0 Å². The maximum absolute atomic E-state index is 12.1. The van der Waals surface area contributed by atoms with Crippen molar-refractivity contribution in [3.05, 3.63) is 35.7 Å². The Morgan fingerprint density at radius 1 is 1.30 bits per heavy atom. The van der Waals surface area contributed by atoms with E-state index in [9.17, 15) is 4.79 Å². The maximum Gasteiger partial charge on any atom is 0.258 e. The zero-order valence-electron chi connectivity index (χ0n) is 11.5. The van der Waals surface area contributed by atoms with Gasteiger partial charge in [0.1, 0.15) is 5.82 Å². The molecule has 0 aliphatic rings. The monoisotopic (exact) mass is 273 g/mol. The Hall–Kier alpha value is -2.70. The molecule has 0 saturated heterocycles. The van der Waals surface area contributed by atoms with Crippen LogP contribution < -0.4 is 15.4 Å². The molecule has 0 aliphatic carbocycles. The molecule has 104 valence electrons. The fraction of sp³-hybridized carbons (Fsp3) is 0.231. The molecule has 7 nitrogen and oxygen atoms in total. The molecule has 7 heteroatoms. The second kappa shape index (κ2) is 5.96. The van der Waals surface area contributed by atoms with Crippen LogP contribution in [0.1, 0.15) is 16.1 Å². The Balaban J connectivity index is 2.20. The van der Waals surface area contributed by atoms with E-state index < -0.39 is 0 Å². The van der Waals surface area contributed by atoms with Crippen molar-refractivity contribution in [3.8, 4) is 5.88 Å². The summed E-state index contributed by atoms with van der Waals surface area (Å²) < 4.78 is 5.04. The Kier molecular flexibility index (Phi) is 4.09. The van der Waals surface area contributed by atoms with Crippen LogP contribution in [0.5, 0.6) is 5.88 Å².